The lowest BCUT2D eigenvalue weighted by Gasteiger charge is -2.05. The minimum absolute atomic E-state index is 0.221. The number of nitriles is 1. The van der Waals surface area contributed by atoms with Crippen molar-refractivity contribution in [3.05, 3.63) is 35.4 Å². The van der Waals surface area contributed by atoms with Gasteiger partial charge >= 0.3 is 5.97 Å². The third-order valence-corrected chi connectivity index (χ3v) is 3.70. The Bertz CT molecular complexity index is 587. The van der Waals surface area contributed by atoms with E-state index in [4.69, 9.17) is 10.00 Å². The SMILES string of the molecule is CCCOC(=O)CS(=O)(=O)Cc1cccc(C#N)c1. The first kappa shape index (κ1) is 15.2. The largest absolute Gasteiger partial charge is 0.465 e. The number of hydrogen-bond donors (Lipinski definition) is 0. The van der Waals surface area contributed by atoms with Gasteiger partial charge in [-0.15, -0.1) is 0 Å². The van der Waals surface area contributed by atoms with E-state index in [-0.39, 0.29) is 12.4 Å². The molecule has 1 rings (SSSR count). The highest BCUT2D eigenvalue weighted by Crippen LogP contribution is 2.09. The van der Waals surface area contributed by atoms with Crippen molar-refractivity contribution in [3.63, 3.8) is 0 Å². The monoisotopic (exact) mass is 281 g/mol. The molecule has 5 nitrogen and oxygen atoms in total. The third kappa shape index (κ3) is 5.53. The minimum Gasteiger partial charge on any atom is -0.465 e. The smallest absolute Gasteiger partial charge is 0.321 e. The fourth-order valence-corrected chi connectivity index (χ4v) is 2.70. The Morgan fingerprint density at radius 2 is 2.16 bits per heavy atom. The van der Waals surface area contributed by atoms with E-state index < -0.39 is 21.6 Å². The molecule has 0 aliphatic carbocycles. The molecule has 0 saturated heterocycles. The number of carbonyl (C=O) groups excluding carboxylic acids is 1. The molecule has 1 aromatic carbocycles. The van der Waals surface area contributed by atoms with Gasteiger partial charge in [-0.3, -0.25) is 4.79 Å². The number of sulfone groups is 1. The van der Waals surface area contributed by atoms with Gasteiger partial charge in [0.25, 0.3) is 0 Å². The van der Waals surface area contributed by atoms with Crippen molar-refractivity contribution >= 4 is 15.8 Å². The summed E-state index contributed by atoms with van der Waals surface area (Å²) in [6, 6.07) is 8.24. The molecular formula is C13H15NO4S. The van der Waals surface area contributed by atoms with E-state index in [1.807, 2.05) is 13.0 Å². The first-order valence-corrected chi connectivity index (χ1v) is 7.64. The van der Waals surface area contributed by atoms with Crippen LogP contribution in [-0.4, -0.2) is 26.7 Å². The van der Waals surface area contributed by atoms with E-state index in [0.29, 0.717) is 17.5 Å². The van der Waals surface area contributed by atoms with Crippen molar-refractivity contribution in [1.29, 1.82) is 5.26 Å². The summed E-state index contributed by atoms with van der Waals surface area (Å²) in [6.45, 7) is 2.05. The maximum absolute atomic E-state index is 11.8. The number of rotatable bonds is 6. The van der Waals surface area contributed by atoms with Gasteiger partial charge in [-0.25, -0.2) is 8.42 Å². The highest BCUT2D eigenvalue weighted by Gasteiger charge is 2.18. The number of benzene rings is 1. The van der Waals surface area contributed by atoms with Crippen LogP contribution in [0.15, 0.2) is 24.3 Å². The molecule has 0 aliphatic heterocycles. The molecule has 0 aromatic heterocycles. The highest BCUT2D eigenvalue weighted by molar-refractivity contribution is 7.91. The molecule has 0 spiro atoms. The molecule has 0 unspecified atom stereocenters. The van der Waals surface area contributed by atoms with Gasteiger partial charge in [0.2, 0.25) is 0 Å². The number of esters is 1. The number of hydrogen-bond acceptors (Lipinski definition) is 5. The molecule has 19 heavy (non-hydrogen) atoms. The molecule has 0 fully saturated rings. The van der Waals surface area contributed by atoms with Crippen LogP contribution in [0.1, 0.15) is 24.5 Å². The van der Waals surface area contributed by atoms with E-state index in [1.54, 1.807) is 18.2 Å². The second-order valence-electron chi connectivity index (χ2n) is 4.06. The van der Waals surface area contributed by atoms with E-state index in [9.17, 15) is 13.2 Å². The fourth-order valence-electron chi connectivity index (χ4n) is 1.47. The van der Waals surface area contributed by atoms with E-state index >= 15 is 0 Å². The predicted molar refractivity (Wildman–Crippen MR) is 69.9 cm³/mol. The fraction of sp³-hybridized carbons (Fsp3) is 0.385. The third-order valence-electron chi connectivity index (χ3n) is 2.25. The quantitative estimate of drug-likeness (QED) is 0.736. The molecule has 0 bridgehead atoms. The van der Waals surface area contributed by atoms with Gasteiger partial charge in [-0.1, -0.05) is 19.1 Å². The molecule has 6 heteroatoms. The van der Waals surface area contributed by atoms with Crippen molar-refractivity contribution in [2.24, 2.45) is 0 Å². The van der Waals surface area contributed by atoms with Crippen molar-refractivity contribution in [2.45, 2.75) is 19.1 Å². The summed E-state index contributed by atoms with van der Waals surface area (Å²) in [7, 11) is -3.57. The molecule has 0 aliphatic rings. The Morgan fingerprint density at radius 1 is 1.42 bits per heavy atom. The van der Waals surface area contributed by atoms with Gasteiger partial charge in [-0.05, 0) is 24.1 Å². The summed E-state index contributed by atoms with van der Waals surface area (Å²) in [5, 5.41) is 8.73. The molecule has 102 valence electrons. The number of nitrogens with zero attached hydrogens (tertiary/aromatic N) is 1. The maximum Gasteiger partial charge on any atom is 0.321 e. The van der Waals surface area contributed by atoms with Gasteiger partial charge in [0.15, 0.2) is 9.84 Å². The normalized spacial score (nSPS) is 10.7. The second-order valence-corrected chi connectivity index (χ2v) is 6.13. The predicted octanol–water partition coefficient (Wildman–Crippen LogP) is 1.43. The summed E-state index contributed by atoms with van der Waals surface area (Å²) in [4.78, 5) is 11.3. The molecule has 0 N–H and O–H groups in total. The summed E-state index contributed by atoms with van der Waals surface area (Å²) < 4.78 is 28.3. The van der Waals surface area contributed by atoms with Gasteiger partial charge in [0, 0.05) is 0 Å². The topological polar surface area (TPSA) is 84.2 Å². The zero-order valence-corrected chi connectivity index (χ0v) is 11.4. The van der Waals surface area contributed by atoms with Crippen LogP contribution in [0.4, 0.5) is 0 Å². The van der Waals surface area contributed by atoms with Crippen LogP contribution in [0.2, 0.25) is 0 Å². The lowest BCUT2D eigenvalue weighted by atomic mass is 10.2. The Morgan fingerprint density at radius 3 is 2.79 bits per heavy atom. The molecule has 0 saturated carbocycles. The van der Waals surface area contributed by atoms with E-state index in [1.165, 1.54) is 6.07 Å². The minimum atomic E-state index is -3.57. The van der Waals surface area contributed by atoms with Crippen molar-refractivity contribution in [2.75, 3.05) is 12.4 Å². The first-order valence-electron chi connectivity index (χ1n) is 5.82. The van der Waals surface area contributed by atoms with Crippen LogP contribution in [0.25, 0.3) is 0 Å². The Kier molecular flexibility index (Phi) is 5.52. The zero-order chi connectivity index (χ0) is 14.3. The van der Waals surface area contributed by atoms with E-state index in [0.717, 1.165) is 0 Å². The van der Waals surface area contributed by atoms with Crippen LogP contribution in [0.5, 0.6) is 0 Å². The van der Waals surface area contributed by atoms with Gasteiger partial charge in [-0.2, -0.15) is 5.26 Å². The molecule has 1 aromatic rings. The van der Waals surface area contributed by atoms with Gasteiger partial charge in [0.05, 0.1) is 24.0 Å². The second kappa shape index (κ2) is 6.90. The summed E-state index contributed by atoms with van der Waals surface area (Å²) in [5.41, 5.74) is 0.878. The molecule has 0 radical (unpaired) electrons. The van der Waals surface area contributed by atoms with Gasteiger partial charge in [0.1, 0.15) is 5.75 Å². The lowest BCUT2D eigenvalue weighted by molar-refractivity contribution is -0.140. The lowest BCUT2D eigenvalue weighted by Crippen LogP contribution is -2.20. The first-order chi connectivity index (χ1) is 8.96. The van der Waals surface area contributed by atoms with Crippen molar-refractivity contribution in [3.8, 4) is 6.07 Å². The summed E-state index contributed by atoms with van der Waals surface area (Å²) in [6.07, 6.45) is 0.649. The average Bonchev–Trinajstić information content (AvgIpc) is 2.35. The van der Waals surface area contributed by atoms with Crippen LogP contribution < -0.4 is 0 Å². The van der Waals surface area contributed by atoms with Crippen molar-refractivity contribution < 1.29 is 17.9 Å². The van der Waals surface area contributed by atoms with E-state index in [2.05, 4.69) is 0 Å². The standard InChI is InChI=1S/C13H15NO4S/c1-2-6-18-13(15)10-19(16,17)9-12-5-3-4-11(7-12)8-14/h3-5,7H,2,6,9-10H2,1H3. The van der Waals surface area contributed by atoms with Crippen molar-refractivity contribution in [1.82, 2.24) is 0 Å². The average molecular weight is 281 g/mol. The number of carbonyl (C=O) groups is 1. The molecule has 0 heterocycles. The summed E-state index contributed by atoms with van der Waals surface area (Å²) in [5.74, 6) is -1.65. The maximum atomic E-state index is 11.8. The van der Waals surface area contributed by atoms with Crippen LogP contribution >= 0.6 is 0 Å². The number of ether oxygens (including phenoxy) is 1. The Balaban J connectivity index is 2.69. The summed E-state index contributed by atoms with van der Waals surface area (Å²) >= 11 is 0. The Labute approximate surface area is 112 Å². The molecular weight excluding hydrogens is 266 g/mol. The van der Waals surface area contributed by atoms with Gasteiger partial charge < -0.3 is 4.74 Å². The van der Waals surface area contributed by atoms with Crippen LogP contribution in [-0.2, 0) is 25.1 Å². The Hall–Kier alpha value is -1.87. The molecule has 0 atom stereocenters. The zero-order valence-electron chi connectivity index (χ0n) is 10.6. The van der Waals surface area contributed by atoms with Crippen LogP contribution in [0.3, 0.4) is 0 Å². The van der Waals surface area contributed by atoms with Crippen LogP contribution in [0, 0.1) is 11.3 Å². The highest BCUT2D eigenvalue weighted by atomic mass is 32.2. The molecule has 0 amide bonds.